The molecule has 0 aliphatic heterocycles. The van der Waals surface area contributed by atoms with Gasteiger partial charge in [-0.3, -0.25) is 4.79 Å². The van der Waals surface area contributed by atoms with Gasteiger partial charge in [0.15, 0.2) is 0 Å². The van der Waals surface area contributed by atoms with Crippen molar-refractivity contribution in [1.82, 2.24) is 9.62 Å². The van der Waals surface area contributed by atoms with Crippen molar-refractivity contribution in [1.29, 1.82) is 0 Å². The highest BCUT2D eigenvalue weighted by Gasteiger charge is 2.41. The van der Waals surface area contributed by atoms with Crippen LogP contribution in [0.3, 0.4) is 0 Å². The minimum absolute atomic E-state index is 0.0346. The normalized spacial score (nSPS) is 17.5. The van der Waals surface area contributed by atoms with E-state index in [9.17, 15) is 13.6 Å². The van der Waals surface area contributed by atoms with Crippen molar-refractivity contribution in [3.05, 3.63) is 87.5 Å². The number of halogens is 3. The number of ether oxygens (including phenoxy) is 1. The van der Waals surface area contributed by atoms with E-state index in [4.69, 9.17) is 16.3 Å². The summed E-state index contributed by atoms with van der Waals surface area (Å²) >= 11 is 7.26. The zero-order valence-electron chi connectivity index (χ0n) is 20.8. The van der Waals surface area contributed by atoms with Crippen LogP contribution in [0.25, 0.3) is 0 Å². The van der Waals surface area contributed by atoms with Crippen LogP contribution in [0.2, 0.25) is 5.02 Å². The maximum Gasteiger partial charge on any atom is 0.215 e. The molecular formula is C26H32ClF2N3O2S. The Labute approximate surface area is 215 Å². The quantitative estimate of drug-likeness (QED) is 0.152. The Balaban J connectivity index is 0.00000210. The number of nitrogens with one attached hydrogen (secondary N) is 2. The van der Waals surface area contributed by atoms with Crippen LogP contribution in [-0.4, -0.2) is 30.7 Å². The lowest BCUT2D eigenvalue weighted by molar-refractivity contribution is -0.115. The highest BCUT2D eigenvalue weighted by Crippen LogP contribution is 2.49. The van der Waals surface area contributed by atoms with E-state index in [1.165, 1.54) is 36.1 Å². The number of anilines is 1. The molecule has 3 rings (SSSR count). The van der Waals surface area contributed by atoms with Crippen molar-refractivity contribution in [2.45, 2.75) is 45.3 Å². The summed E-state index contributed by atoms with van der Waals surface area (Å²) in [7, 11) is 3.06. The lowest BCUT2D eigenvalue weighted by Crippen LogP contribution is -2.28. The van der Waals surface area contributed by atoms with Gasteiger partial charge in [-0.2, -0.15) is 0 Å². The van der Waals surface area contributed by atoms with E-state index < -0.39 is 5.82 Å². The smallest absolute Gasteiger partial charge is 0.215 e. The van der Waals surface area contributed by atoms with Crippen LogP contribution in [0.5, 0.6) is 0 Å². The molecule has 2 N–H and O–H groups in total. The van der Waals surface area contributed by atoms with Crippen molar-refractivity contribution in [2.24, 2.45) is 0 Å². The molecule has 5 nitrogen and oxygen atoms in total. The highest BCUT2D eigenvalue weighted by atomic mass is 35.5. The number of aryl methyl sites for hydroxylation is 1. The van der Waals surface area contributed by atoms with E-state index in [-0.39, 0.29) is 22.7 Å². The first-order valence-electron chi connectivity index (χ1n) is 11.3. The summed E-state index contributed by atoms with van der Waals surface area (Å²) in [6.45, 7) is 7.59. The van der Waals surface area contributed by atoms with Gasteiger partial charge in [0.25, 0.3) is 0 Å². The second kappa shape index (κ2) is 13.4. The average molecular weight is 524 g/mol. The van der Waals surface area contributed by atoms with Crippen molar-refractivity contribution < 1.29 is 18.3 Å². The summed E-state index contributed by atoms with van der Waals surface area (Å²) in [5, 5.41) is 3.47. The lowest BCUT2D eigenvalue weighted by Gasteiger charge is -2.24. The molecule has 2 aromatic carbocycles. The second-order valence-electron chi connectivity index (χ2n) is 7.67. The number of hydrogen-bond acceptors (Lipinski definition) is 5. The minimum Gasteiger partial charge on any atom is -0.495 e. The minimum atomic E-state index is -0.446. The number of allylic oxidation sites excluding steroid dienone is 1. The Morgan fingerprint density at radius 1 is 1.20 bits per heavy atom. The molecule has 1 saturated carbocycles. The predicted octanol–water partition coefficient (Wildman–Crippen LogP) is 6.97. The Bertz CT molecular complexity index is 1090. The fourth-order valence-electron chi connectivity index (χ4n) is 3.37. The maximum absolute atomic E-state index is 14.5. The number of carbonyl (C=O) groups is 1. The Hall–Kier alpha value is -2.71. The van der Waals surface area contributed by atoms with Crippen molar-refractivity contribution in [3.8, 4) is 0 Å². The molecule has 1 aliphatic rings. The van der Waals surface area contributed by atoms with Crippen LogP contribution in [0.4, 0.5) is 14.5 Å². The Morgan fingerprint density at radius 3 is 2.49 bits per heavy atom. The van der Waals surface area contributed by atoms with E-state index in [1.807, 2.05) is 13.8 Å². The molecule has 2 unspecified atom stereocenters. The van der Waals surface area contributed by atoms with Gasteiger partial charge in [0.05, 0.1) is 12.8 Å². The first-order chi connectivity index (χ1) is 16.8. The number of hydrogen-bond donors (Lipinski definition) is 2. The van der Waals surface area contributed by atoms with Crippen LogP contribution in [0, 0.1) is 18.6 Å². The molecule has 1 amide bonds. The summed E-state index contributed by atoms with van der Waals surface area (Å²) in [6, 6.07) is 9.49. The SMILES string of the molecule is C/C=C(OC)\C(NSC1CC1c1ccc(Cl)cc1F)=C(\Nc1ccc(C)cc1F)N(C)C=O.CC. The van der Waals surface area contributed by atoms with E-state index in [0.717, 1.165) is 12.0 Å². The van der Waals surface area contributed by atoms with Gasteiger partial charge in [-0.15, -0.1) is 0 Å². The summed E-state index contributed by atoms with van der Waals surface area (Å²) in [4.78, 5) is 12.9. The molecule has 1 aliphatic carbocycles. The molecule has 0 bridgehead atoms. The van der Waals surface area contributed by atoms with Crippen molar-refractivity contribution >= 4 is 35.6 Å². The van der Waals surface area contributed by atoms with E-state index in [0.29, 0.717) is 34.3 Å². The molecule has 190 valence electrons. The van der Waals surface area contributed by atoms with Gasteiger partial charge in [-0.05, 0) is 73.7 Å². The van der Waals surface area contributed by atoms with Crippen LogP contribution in [0.1, 0.15) is 44.2 Å². The van der Waals surface area contributed by atoms with E-state index in [1.54, 1.807) is 51.2 Å². The van der Waals surface area contributed by atoms with Crippen LogP contribution >= 0.6 is 23.5 Å². The maximum atomic E-state index is 14.5. The molecule has 0 radical (unpaired) electrons. The third kappa shape index (κ3) is 7.39. The summed E-state index contributed by atoms with van der Waals surface area (Å²) in [5.74, 6) is 0.0348. The highest BCUT2D eigenvalue weighted by molar-refractivity contribution is 7.98. The Kier molecular flexibility index (Phi) is 10.9. The second-order valence-corrected chi connectivity index (χ2v) is 9.15. The van der Waals surface area contributed by atoms with Crippen molar-refractivity contribution in [3.63, 3.8) is 0 Å². The van der Waals surface area contributed by atoms with Gasteiger partial charge < -0.3 is 19.7 Å². The molecule has 2 atom stereocenters. The first-order valence-corrected chi connectivity index (χ1v) is 12.6. The molecule has 2 aromatic rings. The fraction of sp³-hybridized carbons (Fsp3) is 0.346. The largest absolute Gasteiger partial charge is 0.495 e. The summed E-state index contributed by atoms with van der Waals surface area (Å²) in [5.41, 5.74) is 2.07. The van der Waals surface area contributed by atoms with Gasteiger partial charge in [-0.1, -0.05) is 37.6 Å². The monoisotopic (exact) mass is 523 g/mol. The van der Waals surface area contributed by atoms with E-state index in [2.05, 4.69) is 10.0 Å². The molecule has 1 fully saturated rings. The molecule has 0 heterocycles. The molecule has 35 heavy (non-hydrogen) atoms. The third-order valence-corrected chi connectivity index (χ3v) is 6.64. The molecule has 0 spiro atoms. The average Bonchev–Trinajstić information content (AvgIpc) is 3.61. The number of amides is 1. The summed E-state index contributed by atoms with van der Waals surface area (Å²) in [6.07, 6.45) is 3.13. The Morgan fingerprint density at radius 2 is 1.91 bits per heavy atom. The molecule has 9 heteroatoms. The van der Waals surface area contributed by atoms with Crippen LogP contribution < -0.4 is 10.0 Å². The number of benzene rings is 2. The number of methoxy groups -OCH3 is 1. The molecular weight excluding hydrogens is 492 g/mol. The van der Waals surface area contributed by atoms with Crippen LogP contribution in [-0.2, 0) is 9.53 Å². The summed E-state index contributed by atoms with van der Waals surface area (Å²) < 4.78 is 37.6. The van der Waals surface area contributed by atoms with Crippen LogP contribution in [0.15, 0.2) is 59.8 Å². The number of rotatable bonds is 10. The van der Waals surface area contributed by atoms with Gasteiger partial charge >= 0.3 is 0 Å². The predicted molar refractivity (Wildman–Crippen MR) is 141 cm³/mol. The van der Waals surface area contributed by atoms with Gasteiger partial charge in [0, 0.05) is 23.2 Å². The third-order valence-electron chi connectivity index (χ3n) is 5.26. The van der Waals surface area contributed by atoms with Gasteiger partial charge in [0.2, 0.25) is 6.41 Å². The fourth-order valence-corrected chi connectivity index (χ4v) is 4.61. The number of nitrogens with zero attached hydrogens (tertiary/aromatic N) is 1. The van der Waals surface area contributed by atoms with Gasteiger partial charge in [0.1, 0.15) is 28.9 Å². The molecule has 0 saturated heterocycles. The molecule has 0 aromatic heterocycles. The number of carbonyl (C=O) groups excluding carboxylic acids is 1. The zero-order chi connectivity index (χ0) is 26.1. The lowest BCUT2D eigenvalue weighted by atomic mass is 10.1. The first kappa shape index (κ1) is 28.5. The van der Waals surface area contributed by atoms with Gasteiger partial charge in [-0.25, -0.2) is 8.78 Å². The van der Waals surface area contributed by atoms with E-state index >= 15 is 0 Å². The van der Waals surface area contributed by atoms with Crippen molar-refractivity contribution in [2.75, 3.05) is 19.5 Å². The zero-order valence-corrected chi connectivity index (χ0v) is 22.4. The standard InChI is InChI=1S/C24H26ClF2N3O2S.C2H6/c1-5-21(32-4)23(24(30(3)13-31)28-20-9-6-14(2)10-19(20)27)29-33-22-12-17(22)16-8-7-15(25)11-18(16)26;1-2/h5-11,13,17,22,28-29H,12H2,1-4H3;1-2H3/b21-5+,24-23+;. The topological polar surface area (TPSA) is 53.6 Å².